The highest BCUT2D eigenvalue weighted by Gasteiger charge is 2.32. The van der Waals surface area contributed by atoms with Crippen LogP contribution in [-0.2, 0) is 0 Å². The highest BCUT2D eigenvalue weighted by atomic mass is 35.5. The van der Waals surface area contributed by atoms with E-state index in [1.165, 1.54) is 18.2 Å². The monoisotopic (exact) mass is 338 g/mol. The van der Waals surface area contributed by atoms with Crippen LogP contribution in [0.25, 0.3) is 0 Å². The molecule has 8 heteroatoms. The first-order chi connectivity index (χ1) is 9.89. The van der Waals surface area contributed by atoms with Crippen molar-refractivity contribution in [2.75, 3.05) is 26.7 Å². The normalized spacial score (nSPS) is 18.0. The zero-order valence-electron chi connectivity index (χ0n) is 12.0. The van der Waals surface area contributed by atoms with E-state index in [2.05, 4.69) is 10.1 Å². The zero-order valence-corrected chi connectivity index (χ0v) is 12.8. The largest absolute Gasteiger partial charge is 0.573 e. The van der Waals surface area contributed by atoms with Crippen LogP contribution in [0.15, 0.2) is 24.3 Å². The second-order valence-corrected chi connectivity index (χ2v) is 5.04. The molecule has 0 aromatic heterocycles. The molecule has 0 saturated carbocycles. The number of alkyl halides is 3. The van der Waals surface area contributed by atoms with Gasteiger partial charge >= 0.3 is 6.36 Å². The number of likely N-dealkylation sites (tertiary alicyclic amines) is 1. The lowest BCUT2D eigenvalue weighted by atomic mass is 10.1. The van der Waals surface area contributed by atoms with Crippen LogP contribution in [-0.4, -0.2) is 43.9 Å². The topological polar surface area (TPSA) is 41.6 Å². The summed E-state index contributed by atoms with van der Waals surface area (Å²) in [6.45, 7) is 2.06. The number of hydrogen-bond donors (Lipinski definition) is 1. The minimum atomic E-state index is -4.76. The molecule has 0 spiro atoms. The summed E-state index contributed by atoms with van der Waals surface area (Å²) in [5.74, 6) is -0.255. The fourth-order valence-corrected chi connectivity index (χ4v) is 2.48. The summed E-state index contributed by atoms with van der Waals surface area (Å²) in [5, 5.41) is 3.06. The summed E-state index contributed by atoms with van der Waals surface area (Å²) >= 11 is 0. The van der Waals surface area contributed by atoms with Gasteiger partial charge in [0.25, 0.3) is 5.91 Å². The third-order valence-corrected chi connectivity index (χ3v) is 3.38. The summed E-state index contributed by atoms with van der Waals surface area (Å²) in [5.41, 5.74) is 0.210. The molecule has 1 aromatic rings. The molecule has 1 fully saturated rings. The number of nitrogens with zero attached hydrogens (tertiary/aromatic N) is 1. The molecule has 1 aliphatic heterocycles. The van der Waals surface area contributed by atoms with E-state index in [4.69, 9.17) is 0 Å². The van der Waals surface area contributed by atoms with E-state index >= 15 is 0 Å². The first-order valence-electron chi connectivity index (χ1n) is 6.69. The molecule has 124 valence electrons. The van der Waals surface area contributed by atoms with Crippen molar-refractivity contribution in [2.24, 2.45) is 5.92 Å². The maximum absolute atomic E-state index is 12.3. The predicted octanol–water partition coefficient (Wildman–Crippen LogP) is 2.69. The molecule has 1 atom stereocenters. The van der Waals surface area contributed by atoms with E-state index in [1.54, 1.807) is 4.90 Å². The van der Waals surface area contributed by atoms with Crippen molar-refractivity contribution in [3.63, 3.8) is 0 Å². The molecule has 2 rings (SSSR count). The Hall–Kier alpha value is -1.47. The minimum Gasteiger partial charge on any atom is -0.406 e. The first-order valence-corrected chi connectivity index (χ1v) is 6.69. The highest BCUT2D eigenvalue weighted by molar-refractivity contribution is 5.94. The van der Waals surface area contributed by atoms with E-state index in [0.29, 0.717) is 19.0 Å². The average molecular weight is 339 g/mol. The predicted molar refractivity (Wildman–Crippen MR) is 78.3 cm³/mol. The standard InChI is InChI=1S/C14H17F3N2O2.ClH/c1-18-8-10-5-6-19(9-10)13(20)11-3-2-4-12(7-11)21-14(15,16)17;/h2-4,7,10,18H,5-6,8-9H2,1H3;1H. The Kier molecular flexibility index (Phi) is 6.49. The first kappa shape index (κ1) is 18.6. The molecule has 0 aliphatic carbocycles. The second kappa shape index (κ2) is 7.69. The molecule has 1 aliphatic rings. The number of amides is 1. The Morgan fingerprint density at radius 3 is 2.82 bits per heavy atom. The summed E-state index contributed by atoms with van der Waals surface area (Å²) in [7, 11) is 1.85. The molecule has 1 saturated heterocycles. The van der Waals surface area contributed by atoms with Gasteiger partial charge in [-0.3, -0.25) is 4.79 Å². The maximum Gasteiger partial charge on any atom is 0.573 e. The van der Waals surface area contributed by atoms with Crippen LogP contribution in [0.3, 0.4) is 0 Å². The molecule has 1 aromatic carbocycles. The van der Waals surface area contributed by atoms with Crippen molar-refractivity contribution in [2.45, 2.75) is 12.8 Å². The maximum atomic E-state index is 12.3. The van der Waals surface area contributed by atoms with E-state index < -0.39 is 6.36 Å². The SMILES string of the molecule is CNCC1CCN(C(=O)c2cccc(OC(F)(F)F)c2)C1.Cl. The van der Waals surface area contributed by atoms with Crippen LogP contribution in [0.2, 0.25) is 0 Å². The van der Waals surface area contributed by atoms with E-state index in [-0.39, 0.29) is 29.6 Å². The van der Waals surface area contributed by atoms with Crippen LogP contribution >= 0.6 is 12.4 Å². The van der Waals surface area contributed by atoms with Gasteiger partial charge in [0.1, 0.15) is 5.75 Å². The van der Waals surface area contributed by atoms with Crippen LogP contribution < -0.4 is 10.1 Å². The molecule has 0 radical (unpaired) electrons. The molecular formula is C14H18ClF3N2O2. The van der Waals surface area contributed by atoms with Crippen molar-refractivity contribution in [1.29, 1.82) is 0 Å². The molecule has 1 heterocycles. The van der Waals surface area contributed by atoms with Crippen molar-refractivity contribution in [1.82, 2.24) is 10.2 Å². The Bertz CT molecular complexity index is 511. The molecule has 4 nitrogen and oxygen atoms in total. The van der Waals surface area contributed by atoms with Gasteiger partial charge in [0.2, 0.25) is 0 Å². The number of carbonyl (C=O) groups is 1. The van der Waals surface area contributed by atoms with E-state index in [0.717, 1.165) is 19.0 Å². The van der Waals surface area contributed by atoms with E-state index in [9.17, 15) is 18.0 Å². The summed E-state index contributed by atoms with van der Waals surface area (Å²) in [6.07, 6.45) is -3.86. The van der Waals surface area contributed by atoms with E-state index in [1.807, 2.05) is 7.05 Å². The summed E-state index contributed by atoms with van der Waals surface area (Å²) < 4.78 is 40.4. The Morgan fingerprint density at radius 2 is 2.18 bits per heavy atom. The molecule has 22 heavy (non-hydrogen) atoms. The van der Waals surface area contributed by atoms with Crippen LogP contribution in [0, 0.1) is 5.92 Å². The lowest BCUT2D eigenvalue weighted by molar-refractivity contribution is -0.274. The van der Waals surface area contributed by atoms with Gasteiger partial charge in [-0.25, -0.2) is 0 Å². The number of hydrogen-bond acceptors (Lipinski definition) is 3. The minimum absolute atomic E-state index is 0. The van der Waals surface area contributed by atoms with Gasteiger partial charge in [-0.15, -0.1) is 25.6 Å². The lowest BCUT2D eigenvalue weighted by Crippen LogP contribution is -2.30. The van der Waals surface area contributed by atoms with Crippen LogP contribution in [0.5, 0.6) is 5.75 Å². The third-order valence-electron chi connectivity index (χ3n) is 3.38. The van der Waals surface area contributed by atoms with Gasteiger partial charge in [0.15, 0.2) is 0 Å². The van der Waals surface area contributed by atoms with Gasteiger partial charge in [-0.05, 0) is 44.1 Å². The Balaban J connectivity index is 0.00000242. The van der Waals surface area contributed by atoms with Gasteiger partial charge in [-0.1, -0.05) is 6.07 Å². The Labute approximate surface area is 133 Å². The molecule has 0 bridgehead atoms. The molecular weight excluding hydrogens is 321 g/mol. The fourth-order valence-electron chi connectivity index (χ4n) is 2.48. The summed E-state index contributed by atoms with van der Waals surface area (Å²) in [4.78, 5) is 13.9. The molecule has 1 N–H and O–H groups in total. The molecule has 1 unspecified atom stereocenters. The Morgan fingerprint density at radius 1 is 1.45 bits per heavy atom. The van der Waals surface area contributed by atoms with Crippen molar-refractivity contribution >= 4 is 18.3 Å². The van der Waals surface area contributed by atoms with Crippen molar-refractivity contribution in [3.8, 4) is 5.75 Å². The number of rotatable bonds is 4. The number of ether oxygens (including phenoxy) is 1. The van der Waals surface area contributed by atoms with Gasteiger partial charge in [0, 0.05) is 18.7 Å². The van der Waals surface area contributed by atoms with Crippen LogP contribution in [0.4, 0.5) is 13.2 Å². The number of nitrogens with one attached hydrogen (secondary N) is 1. The second-order valence-electron chi connectivity index (χ2n) is 5.04. The number of benzene rings is 1. The lowest BCUT2D eigenvalue weighted by Gasteiger charge is -2.17. The quantitative estimate of drug-likeness (QED) is 0.917. The smallest absolute Gasteiger partial charge is 0.406 e. The average Bonchev–Trinajstić information content (AvgIpc) is 2.85. The molecule has 1 amide bonds. The fraction of sp³-hybridized carbons (Fsp3) is 0.500. The van der Waals surface area contributed by atoms with Crippen LogP contribution in [0.1, 0.15) is 16.8 Å². The highest BCUT2D eigenvalue weighted by Crippen LogP contribution is 2.25. The summed E-state index contributed by atoms with van der Waals surface area (Å²) in [6, 6.07) is 5.19. The van der Waals surface area contributed by atoms with Gasteiger partial charge in [-0.2, -0.15) is 0 Å². The number of carbonyl (C=O) groups excluding carboxylic acids is 1. The zero-order chi connectivity index (χ0) is 15.5. The van der Waals surface area contributed by atoms with Crippen molar-refractivity contribution < 1.29 is 22.7 Å². The third kappa shape index (κ3) is 5.06. The van der Waals surface area contributed by atoms with Gasteiger partial charge in [0.05, 0.1) is 0 Å². The van der Waals surface area contributed by atoms with Crippen molar-refractivity contribution in [3.05, 3.63) is 29.8 Å². The van der Waals surface area contributed by atoms with Gasteiger partial charge < -0.3 is 15.0 Å². The number of halogens is 4.